The van der Waals surface area contributed by atoms with Crippen LogP contribution in [0.3, 0.4) is 0 Å². The van der Waals surface area contributed by atoms with Crippen LogP contribution in [0.5, 0.6) is 0 Å². The van der Waals surface area contributed by atoms with Gasteiger partial charge in [-0.25, -0.2) is 0 Å². The van der Waals surface area contributed by atoms with Crippen LogP contribution < -0.4 is 0 Å². The second-order valence-corrected chi connectivity index (χ2v) is 7.14. The van der Waals surface area contributed by atoms with Gasteiger partial charge in [-0.05, 0) is 6.42 Å². The van der Waals surface area contributed by atoms with Crippen molar-refractivity contribution in [2.75, 3.05) is 44.5 Å². The van der Waals surface area contributed by atoms with E-state index in [1.54, 1.807) is 0 Å². The largest absolute Gasteiger partial charge is 0.481 e. The van der Waals surface area contributed by atoms with E-state index in [0.717, 1.165) is 12.8 Å². The topological polar surface area (TPSA) is 145 Å². The molecule has 0 fully saturated rings. The van der Waals surface area contributed by atoms with Gasteiger partial charge in [0.05, 0.1) is 51.3 Å². The molecular formula is C17H34O8S. The number of carbonyl (C=O) groups excluding carboxylic acids is 1. The predicted octanol–water partition coefficient (Wildman–Crippen LogP) is 0.650. The second-order valence-electron chi connectivity index (χ2n) is 5.92. The molecule has 0 bridgehead atoms. The lowest BCUT2D eigenvalue weighted by molar-refractivity contribution is -0.143. The van der Waals surface area contributed by atoms with Crippen LogP contribution in [-0.4, -0.2) is 82.0 Å². The number of thioether (sulfide) groups is 1. The molecule has 0 rings (SSSR count). The maximum Gasteiger partial charge on any atom is 0.306 e. The first-order chi connectivity index (χ1) is 12.4. The molecule has 0 saturated heterocycles. The Balaban J connectivity index is 0. The Morgan fingerprint density at radius 3 is 1.85 bits per heavy atom. The third-order valence-corrected chi connectivity index (χ3v) is 4.50. The molecule has 0 saturated carbocycles. The van der Waals surface area contributed by atoms with E-state index in [1.807, 2.05) is 0 Å². The number of carboxylic acid groups (broad SMARTS) is 1. The number of aliphatic hydroxyl groups excluding tert-OH is 4. The summed E-state index contributed by atoms with van der Waals surface area (Å²) < 4.78 is 5.05. The van der Waals surface area contributed by atoms with E-state index in [9.17, 15) is 9.59 Å². The van der Waals surface area contributed by atoms with E-state index in [1.165, 1.54) is 24.6 Å². The van der Waals surface area contributed by atoms with Gasteiger partial charge in [0.15, 0.2) is 0 Å². The summed E-state index contributed by atoms with van der Waals surface area (Å²) in [6.07, 6.45) is 4.93. The number of ether oxygens (including phenoxy) is 1. The zero-order chi connectivity index (χ0) is 20.3. The summed E-state index contributed by atoms with van der Waals surface area (Å²) in [5.41, 5.74) is -1.11. The van der Waals surface area contributed by atoms with Gasteiger partial charge in [-0.15, -0.1) is 0 Å². The van der Waals surface area contributed by atoms with Crippen LogP contribution in [0.1, 0.15) is 45.4 Å². The van der Waals surface area contributed by atoms with Gasteiger partial charge in [-0.3, -0.25) is 9.59 Å². The van der Waals surface area contributed by atoms with E-state index in [4.69, 9.17) is 30.3 Å². The molecule has 0 radical (unpaired) electrons. The summed E-state index contributed by atoms with van der Waals surface area (Å²) in [7, 11) is 0. The molecule has 156 valence electrons. The number of carbonyl (C=O) groups is 2. The average Bonchev–Trinajstić information content (AvgIpc) is 2.64. The molecular weight excluding hydrogens is 364 g/mol. The van der Waals surface area contributed by atoms with Crippen LogP contribution in [0.15, 0.2) is 0 Å². The molecule has 26 heavy (non-hydrogen) atoms. The summed E-state index contributed by atoms with van der Waals surface area (Å²) in [5, 5.41) is 42.4. The first kappa shape index (κ1) is 27.3. The molecule has 0 unspecified atom stereocenters. The van der Waals surface area contributed by atoms with Crippen LogP contribution in [0.4, 0.5) is 0 Å². The third-order valence-electron chi connectivity index (χ3n) is 3.51. The summed E-state index contributed by atoms with van der Waals surface area (Å²) in [6, 6.07) is 0. The van der Waals surface area contributed by atoms with Crippen molar-refractivity contribution in [2.24, 2.45) is 5.41 Å². The zero-order valence-electron chi connectivity index (χ0n) is 15.6. The smallest absolute Gasteiger partial charge is 0.306 e. The minimum Gasteiger partial charge on any atom is -0.481 e. The van der Waals surface area contributed by atoms with Crippen molar-refractivity contribution in [1.29, 1.82) is 0 Å². The SMILES string of the molecule is CCCCCCOC(=O)CCSCCC(=O)O.OCC(CO)(CO)CO. The monoisotopic (exact) mass is 398 g/mol. The highest BCUT2D eigenvalue weighted by atomic mass is 32.2. The predicted molar refractivity (Wildman–Crippen MR) is 100 cm³/mol. The maximum atomic E-state index is 11.2. The van der Waals surface area contributed by atoms with Gasteiger partial charge in [0, 0.05) is 11.5 Å². The first-order valence-corrected chi connectivity index (χ1v) is 9.95. The van der Waals surface area contributed by atoms with Gasteiger partial charge in [0.2, 0.25) is 0 Å². The second kappa shape index (κ2) is 18.9. The Kier molecular flexibility index (Phi) is 19.9. The Hall–Kier alpha value is -0.870. The fourth-order valence-corrected chi connectivity index (χ4v) is 2.34. The van der Waals surface area contributed by atoms with Crippen LogP contribution in [0.25, 0.3) is 0 Å². The molecule has 5 N–H and O–H groups in total. The number of carboxylic acids is 1. The molecule has 0 aliphatic heterocycles. The van der Waals surface area contributed by atoms with Crippen molar-refractivity contribution in [3.05, 3.63) is 0 Å². The first-order valence-electron chi connectivity index (χ1n) is 8.80. The van der Waals surface area contributed by atoms with Crippen LogP contribution in [-0.2, 0) is 14.3 Å². The molecule has 0 aromatic rings. The molecule has 8 nitrogen and oxygen atoms in total. The lowest BCUT2D eigenvalue weighted by Crippen LogP contribution is -2.37. The summed E-state index contributed by atoms with van der Waals surface area (Å²) >= 11 is 1.48. The van der Waals surface area contributed by atoms with Gasteiger partial charge < -0.3 is 30.3 Å². The van der Waals surface area contributed by atoms with E-state index >= 15 is 0 Å². The molecule has 0 aliphatic carbocycles. The average molecular weight is 399 g/mol. The summed E-state index contributed by atoms with van der Waals surface area (Å²) in [6.45, 7) is 1.03. The van der Waals surface area contributed by atoms with Gasteiger partial charge >= 0.3 is 11.9 Å². The fraction of sp³-hybridized carbons (Fsp3) is 0.882. The third kappa shape index (κ3) is 16.6. The zero-order valence-corrected chi connectivity index (χ0v) is 16.4. The summed E-state index contributed by atoms with van der Waals surface area (Å²) in [5.74, 6) is 0.223. The van der Waals surface area contributed by atoms with Crippen molar-refractivity contribution in [3.63, 3.8) is 0 Å². The van der Waals surface area contributed by atoms with Crippen molar-refractivity contribution < 1.29 is 39.9 Å². The van der Waals surface area contributed by atoms with Crippen LogP contribution in [0.2, 0.25) is 0 Å². The lowest BCUT2D eigenvalue weighted by atomic mass is 9.93. The highest BCUT2D eigenvalue weighted by molar-refractivity contribution is 7.99. The molecule has 9 heteroatoms. The van der Waals surface area contributed by atoms with Crippen LogP contribution in [0, 0.1) is 5.41 Å². The highest BCUT2D eigenvalue weighted by Crippen LogP contribution is 2.11. The van der Waals surface area contributed by atoms with Crippen molar-refractivity contribution in [3.8, 4) is 0 Å². The normalized spacial score (nSPS) is 10.8. The quantitative estimate of drug-likeness (QED) is 0.198. The number of unbranched alkanes of at least 4 members (excludes halogenated alkanes) is 3. The highest BCUT2D eigenvalue weighted by Gasteiger charge is 2.26. The summed E-state index contributed by atoms with van der Waals surface area (Å²) in [4.78, 5) is 21.4. The molecule has 0 spiro atoms. The number of esters is 1. The Morgan fingerprint density at radius 1 is 0.885 bits per heavy atom. The van der Waals surface area contributed by atoms with E-state index in [0.29, 0.717) is 24.5 Å². The molecule has 0 aromatic carbocycles. The number of aliphatic carboxylic acids is 1. The Labute approximate surface area is 159 Å². The Morgan fingerprint density at radius 2 is 1.42 bits per heavy atom. The molecule has 0 aromatic heterocycles. The molecule has 0 atom stereocenters. The fourth-order valence-electron chi connectivity index (χ4n) is 1.50. The van der Waals surface area contributed by atoms with Crippen molar-refractivity contribution >= 4 is 23.7 Å². The van der Waals surface area contributed by atoms with E-state index < -0.39 is 37.8 Å². The number of hydrogen-bond donors (Lipinski definition) is 5. The van der Waals surface area contributed by atoms with E-state index in [2.05, 4.69) is 6.92 Å². The van der Waals surface area contributed by atoms with Crippen molar-refractivity contribution in [1.82, 2.24) is 0 Å². The van der Waals surface area contributed by atoms with Gasteiger partial charge in [-0.1, -0.05) is 26.2 Å². The molecule has 0 aliphatic rings. The Bertz CT molecular complexity index is 330. The van der Waals surface area contributed by atoms with Crippen LogP contribution >= 0.6 is 11.8 Å². The van der Waals surface area contributed by atoms with E-state index in [-0.39, 0.29) is 12.4 Å². The van der Waals surface area contributed by atoms with Gasteiger partial charge in [-0.2, -0.15) is 11.8 Å². The number of hydrogen-bond acceptors (Lipinski definition) is 8. The van der Waals surface area contributed by atoms with Gasteiger partial charge in [0.25, 0.3) is 0 Å². The van der Waals surface area contributed by atoms with Gasteiger partial charge in [0.1, 0.15) is 0 Å². The lowest BCUT2D eigenvalue weighted by Gasteiger charge is -2.23. The number of rotatable bonds is 15. The standard InChI is InChI=1S/C12H22O4S.C5H12O4/c1-2-3-4-5-8-16-12(15)7-10-17-9-6-11(13)14;6-1-5(2-7,3-8)4-9/h2-10H2,1H3,(H,13,14);6-9H,1-4H2. The maximum absolute atomic E-state index is 11.2. The minimum absolute atomic E-state index is 0.150. The minimum atomic E-state index is -1.11. The molecule has 0 amide bonds. The van der Waals surface area contributed by atoms with Crippen molar-refractivity contribution in [2.45, 2.75) is 45.4 Å². The molecule has 0 heterocycles. The number of aliphatic hydroxyl groups is 4.